The summed E-state index contributed by atoms with van der Waals surface area (Å²) in [6.07, 6.45) is 1.90. The number of hydrogen-bond acceptors (Lipinski definition) is 2. The maximum atomic E-state index is 13.1. The molecule has 84 valence electrons. The zero-order valence-corrected chi connectivity index (χ0v) is 9.15. The highest BCUT2D eigenvalue weighted by Crippen LogP contribution is 2.22. The molecule has 0 unspecified atom stereocenters. The number of aromatic nitrogens is 2. The molecule has 4 heteroatoms. The highest BCUT2D eigenvalue weighted by molar-refractivity contribution is 5.64. The third kappa shape index (κ3) is 2.12. The highest BCUT2D eigenvalue weighted by atomic mass is 19.1. The van der Waals surface area contributed by atoms with Crippen LogP contribution in [0, 0.1) is 12.7 Å². The molecule has 16 heavy (non-hydrogen) atoms. The summed E-state index contributed by atoms with van der Waals surface area (Å²) in [5.41, 5.74) is 8.15. The molecule has 2 N–H and O–H groups in total. The SMILES string of the molecule is Cc1nn(CCN)cc1-c1cccc(F)c1. The van der Waals surface area contributed by atoms with Crippen molar-refractivity contribution in [3.05, 3.63) is 42.0 Å². The summed E-state index contributed by atoms with van der Waals surface area (Å²) in [7, 11) is 0. The molecule has 0 aliphatic carbocycles. The molecule has 1 heterocycles. The molecule has 0 saturated carbocycles. The van der Waals surface area contributed by atoms with Gasteiger partial charge in [0.1, 0.15) is 5.82 Å². The van der Waals surface area contributed by atoms with E-state index in [-0.39, 0.29) is 5.82 Å². The van der Waals surface area contributed by atoms with Gasteiger partial charge < -0.3 is 5.73 Å². The van der Waals surface area contributed by atoms with Gasteiger partial charge in [-0.1, -0.05) is 12.1 Å². The van der Waals surface area contributed by atoms with Crippen LogP contribution in [0.25, 0.3) is 11.1 Å². The number of nitrogens with zero attached hydrogens (tertiary/aromatic N) is 2. The molecule has 0 atom stereocenters. The molecule has 0 aliphatic heterocycles. The van der Waals surface area contributed by atoms with Gasteiger partial charge in [-0.05, 0) is 24.6 Å². The Kier molecular flexibility index (Phi) is 3.01. The Morgan fingerprint density at radius 3 is 2.94 bits per heavy atom. The Hall–Kier alpha value is -1.68. The van der Waals surface area contributed by atoms with Gasteiger partial charge in [0.05, 0.1) is 12.2 Å². The summed E-state index contributed by atoms with van der Waals surface area (Å²) >= 11 is 0. The largest absolute Gasteiger partial charge is 0.329 e. The van der Waals surface area contributed by atoms with Crippen LogP contribution in [0.2, 0.25) is 0 Å². The van der Waals surface area contributed by atoms with E-state index in [1.807, 2.05) is 19.2 Å². The van der Waals surface area contributed by atoms with Crippen LogP contribution in [0.1, 0.15) is 5.69 Å². The van der Waals surface area contributed by atoms with Gasteiger partial charge in [-0.3, -0.25) is 4.68 Å². The van der Waals surface area contributed by atoms with Crippen LogP contribution < -0.4 is 5.73 Å². The summed E-state index contributed by atoms with van der Waals surface area (Å²) in [4.78, 5) is 0. The van der Waals surface area contributed by atoms with E-state index in [0.29, 0.717) is 13.1 Å². The minimum absolute atomic E-state index is 0.233. The van der Waals surface area contributed by atoms with Crippen molar-refractivity contribution in [1.29, 1.82) is 0 Å². The summed E-state index contributed by atoms with van der Waals surface area (Å²) < 4.78 is 14.9. The molecule has 3 nitrogen and oxygen atoms in total. The van der Waals surface area contributed by atoms with Gasteiger partial charge in [0.2, 0.25) is 0 Å². The number of halogens is 1. The zero-order valence-electron chi connectivity index (χ0n) is 9.15. The smallest absolute Gasteiger partial charge is 0.123 e. The lowest BCUT2D eigenvalue weighted by Crippen LogP contribution is -2.10. The van der Waals surface area contributed by atoms with E-state index < -0.39 is 0 Å². The van der Waals surface area contributed by atoms with E-state index in [2.05, 4.69) is 5.10 Å². The van der Waals surface area contributed by atoms with Crippen molar-refractivity contribution in [3.63, 3.8) is 0 Å². The molecule has 0 bridgehead atoms. The Balaban J connectivity index is 2.40. The van der Waals surface area contributed by atoms with Crippen molar-refractivity contribution in [2.75, 3.05) is 6.54 Å². The Morgan fingerprint density at radius 2 is 2.25 bits per heavy atom. The Bertz CT molecular complexity index is 491. The number of benzene rings is 1. The first-order valence-electron chi connectivity index (χ1n) is 5.21. The van der Waals surface area contributed by atoms with Crippen molar-refractivity contribution in [3.8, 4) is 11.1 Å². The fourth-order valence-corrected chi connectivity index (χ4v) is 1.70. The van der Waals surface area contributed by atoms with Gasteiger partial charge >= 0.3 is 0 Å². The number of aryl methyl sites for hydroxylation is 1. The maximum absolute atomic E-state index is 13.1. The third-order valence-electron chi connectivity index (χ3n) is 2.44. The summed E-state index contributed by atoms with van der Waals surface area (Å²) in [6.45, 7) is 3.13. The second-order valence-electron chi connectivity index (χ2n) is 3.69. The van der Waals surface area contributed by atoms with Gasteiger partial charge in [-0.15, -0.1) is 0 Å². The molecule has 0 saturated heterocycles. The topological polar surface area (TPSA) is 43.8 Å². The number of hydrogen-bond donors (Lipinski definition) is 1. The zero-order chi connectivity index (χ0) is 11.5. The molecular weight excluding hydrogens is 205 g/mol. The second-order valence-corrected chi connectivity index (χ2v) is 3.69. The molecule has 1 aromatic carbocycles. The predicted octanol–water partition coefficient (Wildman–Crippen LogP) is 1.96. The van der Waals surface area contributed by atoms with E-state index in [9.17, 15) is 4.39 Å². The molecule has 1 aromatic heterocycles. The summed E-state index contributed by atoms with van der Waals surface area (Å²) in [6, 6.07) is 6.52. The average Bonchev–Trinajstić information content (AvgIpc) is 2.60. The molecular formula is C12H14FN3. The first-order chi connectivity index (χ1) is 7.70. The minimum Gasteiger partial charge on any atom is -0.329 e. The van der Waals surface area contributed by atoms with Crippen molar-refractivity contribution in [2.45, 2.75) is 13.5 Å². The van der Waals surface area contributed by atoms with Crippen LogP contribution >= 0.6 is 0 Å². The molecule has 2 aromatic rings. The Labute approximate surface area is 93.7 Å². The fraction of sp³-hybridized carbons (Fsp3) is 0.250. The van der Waals surface area contributed by atoms with Gasteiger partial charge in [-0.2, -0.15) is 5.10 Å². The second kappa shape index (κ2) is 4.45. The first kappa shape index (κ1) is 10.8. The van der Waals surface area contributed by atoms with Gasteiger partial charge in [0.15, 0.2) is 0 Å². The summed E-state index contributed by atoms with van der Waals surface area (Å²) in [5.74, 6) is -0.233. The van der Waals surface area contributed by atoms with Gasteiger partial charge in [-0.25, -0.2) is 4.39 Å². The van der Waals surface area contributed by atoms with Crippen LogP contribution in [0.15, 0.2) is 30.5 Å². The third-order valence-corrected chi connectivity index (χ3v) is 2.44. The predicted molar refractivity (Wildman–Crippen MR) is 61.4 cm³/mol. The van der Waals surface area contributed by atoms with Crippen molar-refractivity contribution < 1.29 is 4.39 Å². The van der Waals surface area contributed by atoms with Crippen molar-refractivity contribution >= 4 is 0 Å². The lowest BCUT2D eigenvalue weighted by molar-refractivity contribution is 0.620. The monoisotopic (exact) mass is 219 g/mol. The average molecular weight is 219 g/mol. The fourth-order valence-electron chi connectivity index (χ4n) is 1.70. The number of nitrogens with two attached hydrogens (primary N) is 1. The van der Waals surface area contributed by atoms with Crippen LogP contribution in [0.4, 0.5) is 4.39 Å². The first-order valence-corrected chi connectivity index (χ1v) is 5.21. The van der Waals surface area contributed by atoms with E-state index in [1.165, 1.54) is 12.1 Å². The van der Waals surface area contributed by atoms with E-state index in [0.717, 1.165) is 16.8 Å². The normalized spacial score (nSPS) is 10.7. The van der Waals surface area contributed by atoms with E-state index in [1.54, 1.807) is 10.7 Å². The van der Waals surface area contributed by atoms with Crippen LogP contribution in [-0.2, 0) is 6.54 Å². The van der Waals surface area contributed by atoms with Crippen LogP contribution in [0.3, 0.4) is 0 Å². The lowest BCUT2D eigenvalue weighted by Gasteiger charge is -1.98. The quantitative estimate of drug-likeness (QED) is 0.857. The van der Waals surface area contributed by atoms with Crippen molar-refractivity contribution in [1.82, 2.24) is 9.78 Å². The molecule has 0 spiro atoms. The van der Waals surface area contributed by atoms with Gasteiger partial charge in [0.25, 0.3) is 0 Å². The molecule has 0 radical (unpaired) electrons. The highest BCUT2D eigenvalue weighted by Gasteiger charge is 2.07. The van der Waals surface area contributed by atoms with Crippen LogP contribution in [-0.4, -0.2) is 16.3 Å². The number of rotatable bonds is 3. The van der Waals surface area contributed by atoms with E-state index in [4.69, 9.17) is 5.73 Å². The molecule has 0 aliphatic rings. The Morgan fingerprint density at radius 1 is 1.44 bits per heavy atom. The van der Waals surface area contributed by atoms with Crippen LogP contribution in [0.5, 0.6) is 0 Å². The standard InChI is InChI=1S/C12H14FN3/c1-9-12(8-16(15-9)6-5-14)10-3-2-4-11(13)7-10/h2-4,7-8H,5-6,14H2,1H3. The van der Waals surface area contributed by atoms with Gasteiger partial charge in [0, 0.05) is 18.3 Å². The lowest BCUT2D eigenvalue weighted by atomic mass is 10.1. The summed E-state index contributed by atoms with van der Waals surface area (Å²) in [5, 5.41) is 4.32. The maximum Gasteiger partial charge on any atom is 0.123 e. The molecule has 2 rings (SSSR count). The molecule has 0 amide bonds. The minimum atomic E-state index is -0.233. The van der Waals surface area contributed by atoms with E-state index >= 15 is 0 Å². The van der Waals surface area contributed by atoms with Crippen molar-refractivity contribution in [2.24, 2.45) is 5.73 Å². The molecule has 0 fully saturated rings.